The summed E-state index contributed by atoms with van der Waals surface area (Å²) in [6.45, 7) is 1.96. The fraction of sp³-hybridized carbons (Fsp3) is 0.278. The second kappa shape index (κ2) is 7.00. The molecule has 2 aromatic rings. The van der Waals surface area contributed by atoms with Gasteiger partial charge in [-0.25, -0.2) is 10.2 Å². The Bertz CT molecular complexity index is 763. The fourth-order valence-corrected chi connectivity index (χ4v) is 2.84. The molecule has 25 heavy (non-hydrogen) atoms. The van der Waals surface area contributed by atoms with Gasteiger partial charge in [-0.3, -0.25) is 5.43 Å². The number of methoxy groups -OCH3 is 1. The quantitative estimate of drug-likeness (QED) is 0.628. The standard InChI is InChI=1S/C18H20N2O5/c1-10-17(25-13-6-3-11(4-7-13)18(23)24-2)16(20-19-10)14-8-5-12(21)9-15(14)22/h3-10,16-17,19-22H,1-2H3. The van der Waals surface area contributed by atoms with E-state index in [1.54, 1.807) is 30.3 Å². The van der Waals surface area contributed by atoms with Gasteiger partial charge in [0.25, 0.3) is 0 Å². The van der Waals surface area contributed by atoms with E-state index in [0.717, 1.165) is 0 Å². The van der Waals surface area contributed by atoms with Crippen LogP contribution in [0, 0.1) is 0 Å². The van der Waals surface area contributed by atoms with E-state index in [-0.39, 0.29) is 29.7 Å². The topological polar surface area (TPSA) is 100 Å². The van der Waals surface area contributed by atoms with Crippen molar-refractivity contribution in [2.45, 2.75) is 25.1 Å². The molecule has 1 heterocycles. The molecule has 0 aromatic heterocycles. The summed E-state index contributed by atoms with van der Waals surface area (Å²) in [6.07, 6.45) is -0.306. The van der Waals surface area contributed by atoms with Gasteiger partial charge in [0, 0.05) is 11.6 Å². The minimum absolute atomic E-state index is 0.00359. The predicted octanol–water partition coefficient (Wildman–Crippen LogP) is 1.87. The summed E-state index contributed by atoms with van der Waals surface area (Å²) >= 11 is 0. The van der Waals surface area contributed by atoms with Gasteiger partial charge in [0.05, 0.1) is 24.8 Å². The van der Waals surface area contributed by atoms with Gasteiger partial charge in [0.2, 0.25) is 0 Å². The minimum atomic E-state index is -0.406. The highest BCUT2D eigenvalue weighted by atomic mass is 16.5. The SMILES string of the molecule is COC(=O)c1ccc(OC2C(C)NNC2c2ccc(O)cc2O)cc1. The smallest absolute Gasteiger partial charge is 0.337 e. The number of hydrogen-bond acceptors (Lipinski definition) is 7. The molecular formula is C18H20N2O5. The number of esters is 1. The van der Waals surface area contributed by atoms with Crippen molar-refractivity contribution in [3.05, 3.63) is 53.6 Å². The normalized spacial score (nSPS) is 22.6. The van der Waals surface area contributed by atoms with Gasteiger partial charge in [0.15, 0.2) is 0 Å². The van der Waals surface area contributed by atoms with E-state index in [2.05, 4.69) is 15.6 Å². The zero-order valence-electron chi connectivity index (χ0n) is 13.9. The lowest BCUT2D eigenvalue weighted by atomic mass is 9.98. The molecule has 0 saturated carbocycles. The average molecular weight is 344 g/mol. The molecule has 1 aliphatic rings. The first-order valence-corrected chi connectivity index (χ1v) is 7.87. The Hall–Kier alpha value is -2.77. The Labute approximate surface area is 145 Å². The maximum Gasteiger partial charge on any atom is 0.337 e. The summed E-state index contributed by atoms with van der Waals surface area (Å²) in [4.78, 5) is 11.5. The number of benzene rings is 2. The molecule has 1 aliphatic heterocycles. The van der Waals surface area contributed by atoms with Gasteiger partial charge < -0.3 is 19.7 Å². The first-order chi connectivity index (χ1) is 12.0. The van der Waals surface area contributed by atoms with Gasteiger partial charge in [-0.05, 0) is 43.3 Å². The van der Waals surface area contributed by atoms with E-state index in [9.17, 15) is 15.0 Å². The largest absolute Gasteiger partial charge is 0.508 e. The Kier molecular flexibility index (Phi) is 4.78. The molecule has 0 spiro atoms. The number of phenols is 2. The zero-order chi connectivity index (χ0) is 18.0. The van der Waals surface area contributed by atoms with Crippen molar-refractivity contribution in [3.63, 3.8) is 0 Å². The minimum Gasteiger partial charge on any atom is -0.508 e. The van der Waals surface area contributed by atoms with Crippen molar-refractivity contribution >= 4 is 5.97 Å². The molecule has 7 nitrogen and oxygen atoms in total. The van der Waals surface area contributed by atoms with Crippen LogP contribution in [0.4, 0.5) is 0 Å². The summed E-state index contributed by atoms with van der Waals surface area (Å²) in [5, 5.41) is 19.6. The Morgan fingerprint density at radius 3 is 2.44 bits per heavy atom. The van der Waals surface area contributed by atoms with Gasteiger partial charge in [0.1, 0.15) is 23.4 Å². The van der Waals surface area contributed by atoms with Crippen molar-refractivity contribution in [3.8, 4) is 17.2 Å². The number of ether oxygens (including phenoxy) is 2. The molecule has 0 aliphatic carbocycles. The lowest BCUT2D eigenvalue weighted by Crippen LogP contribution is -2.33. The maximum absolute atomic E-state index is 11.5. The van der Waals surface area contributed by atoms with Gasteiger partial charge in [-0.1, -0.05) is 0 Å². The molecular weight excluding hydrogens is 324 g/mol. The molecule has 3 atom stereocenters. The highest BCUT2D eigenvalue weighted by Crippen LogP contribution is 2.34. The van der Waals surface area contributed by atoms with Gasteiger partial charge in [-0.15, -0.1) is 0 Å². The summed E-state index contributed by atoms with van der Waals surface area (Å²) in [5.74, 6) is 0.174. The first kappa shape index (κ1) is 17.1. The molecule has 0 bridgehead atoms. The third kappa shape index (κ3) is 3.52. The van der Waals surface area contributed by atoms with Crippen LogP contribution in [0.2, 0.25) is 0 Å². The van der Waals surface area contributed by atoms with Crippen LogP contribution in [0.25, 0.3) is 0 Å². The van der Waals surface area contributed by atoms with Crippen molar-refractivity contribution in [1.82, 2.24) is 10.9 Å². The molecule has 0 amide bonds. The highest BCUT2D eigenvalue weighted by Gasteiger charge is 2.37. The number of phenolic OH excluding ortho intramolecular Hbond substituents is 2. The van der Waals surface area contributed by atoms with Crippen LogP contribution in [0.3, 0.4) is 0 Å². The Morgan fingerprint density at radius 2 is 1.80 bits per heavy atom. The lowest BCUT2D eigenvalue weighted by molar-refractivity contribution is 0.0600. The molecule has 7 heteroatoms. The van der Waals surface area contributed by atoms with Crippen LogP contribution < -0.4 is 15.6 Å². The number of carbonyl (C=O) groups is 1. The van der Waals surface area contributed by atoms with E-state index in [1.807, 2.05) is 6.92 Å². The second-order valence-electron chi connectivity index (χ2n) is 5.90. The molecule has 3 unspecified atom stereocenters. The number of carbonyl (C=O) groups excluding carboxylic acids is 1. The number of hydrogen-bond donors (Lipinski definition) is 4. The molecule has 1 fully saturated rings. The molecule has 3 rings (SSSR count). The molecule has 0 radical (unpaired) electrons. The van der Waals surface area contributed by atoms with Crippen molar-refractivity contribution in [2.24, 2.45) is 0 Å². The van der Waals surface area contributed by atoms with Crippen LogP contribution in [0.5, 0.6) is 17.2 Å². The number of aromatic hydroxyl groups is 2. The number of hydrazine groups is 1. The van der Waals surface area contributed by atoms with Crippen LogP contribution in [0.15, 0.2) is 42.5 Å². The zero-order valence-corrected chi connectivity index (χ0v) is 13.9. The molecule has 4 N–H and O–H groups in total. The predicted molar refractivity (Wildman–Crippen MR) is 90.4 cm³/mol. The van der Waals surface area contributed by atoms with Crippen LogP contribution in [-0.4, -0.2) is 35.4 Å². The Morgan fingerprint density at radius 1 is 1.08 bits per heavy atom. The lowest BCUT2D eigenvalue weighted by Gasteiger charge is -2.23. The van der Waals surface area contributed by atoms with E-state index in [4.69, 9.17) is 4.74 Å². The van der Waals surface area contributed by atoms with E-state index in [0.29, 0.717) is 16.9 Å². The van der Waals surface area contributed by atoms with Crippen molar-refractivity contribution in [1.29, 1.82) is 0 Å². The average Bonchev–Trinajstić information content (AvgIpc) is 2.95. The van der Waals surface area contributed by atoms with E-state index < -0.39 is 5.97 Å². The van der Waals surface area contributed by atoms with Gasteiger partial charge in [-0.2, -0.15) is 0 Å². The van der Waals surface area contributed by atoms with Crippen molar-refractivity contribution < 1.29 is 24.5 Å². The first-order valence-electron chi connectivity index (χ1n) is 7.87. The summed E-state index contributed by atoms with van der Waals surface area (Å²) in [7, 11) is 1.33. The monoisotopic (exact) mass is 344 g/mol. The van der Waals surface area contributed by atoms with E-state index in [1.165, 1.54) is 19.2 Å². The summed E-state index contributed by atoms with van der Waals surface area (Å²) < 4.78 is 10.7. The molecule has 132 valence electrons. The second-order valence-corrected chi connectivity index (χ2v) is 5.90. The van der Waals surface area contributed by atoms with E-state index >= 15 is 0 Å². The van der Waals surface area contributed by atoms with Crippen molar-refractivity contribution in [2.75, 3.05) is 7.11 Å². The van der Waals surface area contributed by atoms with Crippen LogP contribution in [0.1, 0.15) is 28.9 Å². The van der Waals surface area contributed by atoms with Crippen LogP contribution in [-0.2, 0) is 4.74 Å². The summed E-state index contributed by atoms with van der Waals surface area (Å²) in [5.41, 5.74) is 7.26. The third-order valence-electron chi connectivity index (χ3n) is 4.18. The molecule has 1 saturated heterocycles. The van der Waals surface area contributed by atoms with Gasteiger partial charge >= 0.3 is 5.97 Å². The fourth-order valence-electron chi connectivity index (χ4n) is 2.84. The number of rotatable bonds is 4. The Balaban J connectivity index is 1.80. The molecule has 2 aromatic carbocycles. The highest BCUT2D eigenvalue weighted by molar-refractivity contribution is 5.89. The third-order valence-corrected chi connectivity index (χ3v) is 4.18. The summed E-state index contributed by atoms with van der Waals surface area (Å²) in [6, 6.07) is 10.8. The van der Waals surface area contributed by atoms with Crippen LogP contribution >= 0.6 is 0 Å². The maximum atomic E-state index is 11.5. The number of nitrogens with one attached hydrogen (secondary N) is 2.